The van der Waals surface area contributed by atoms with Crippen LogP contribution in [0.4, 0.5) is 17.1 Å². The van der Waals surface area contributed by atoms with Crippen molar-refractivity contribution in [1.29, 1.82) is 0 Å². The van der Waals surface area contributed by atoms with Gasteiger partial charge in [-0.15, -0.1) is 0 Å². The van der Waals surface area contributed by atoms with E-state index in [0.717, 1.165) is 37.4 Å². The highest BCUT2D eigenvalue weighted by atomic mass is 16.6. The van der Waals surface area contributed by atoms with Crippen LogP contribution in [0.1, 0.15) is 19.8 Å². The van der Waals surface area contributed by atoms with E-state index in [0.29, 0.717) is 6.61 Å². The van der Waals surface area contributed by atoms with Crippen molar-refractivity contribution in [3.8, 4) is 0 Å². The number of hydrogen-bond acceptors (Lipinski definition) is 5. The average molecular weight is 265 g/mol. The van der Waals surface area contributed by atoms with E-state index in [4.69, 9.17) is 4.74 Å². The van der Waals surface area contributed by atoms with Crippen molar-refractivity contribution in [2.75, 3.05) is 30.4 Å². The molecular formula is C13H19N3O3. The Morgan fingerprint density at radius 3 is 2.84 bits per heavy atom. The Balaban J connectivity index is 2.15. The summed E-state index contributed by atoms with van der Waals surface area (Å²) in [5.41, 5.74) is 1.62. The van der Waals surface area contributed by atoms with Gasteiger partial charge in [-0.1, -0.05) is 0 Å². The molecule has 0 aliphatic carbocycles. The smallest absolute Gasteiger partial charge is 0.273 e. The van der Waals surface area contributed by atoms with Gasteiger partial charge in [0.25, 0.3) is 5.69 Å². The van der Waals surface area contributed by atoms with Crippen LogP contribution in [0.5, 0.6) is 0 Å². The number of rotatable bonds is 5. The molecule has 1 saturated heterocycles. The first-order valence-corrected chi connectivity index (χ1v) is 6.56. The van der Waals surface area contributed by atoms with Crippen molar-refractivity contribution in [3.63, 3.8) is 0 Å². The normalized spacial score (nSPS) is 18.9. The summed E-state index contributed by atoms with van der Waals surface area (Å²) < 4.78 is 5.40. The molecule has 0 radical (unpaired) electrons. The van der Waals surface area contributed by atoms with Gasteiger partial charge >= 0.3 is 0 Å². The number of anilines is 2. The van der Waals surface area contributed by atoms with Crippen molar-refractivity contribution in [1.82, 2.24) is 0 Å². The summed E-state index contributed by atoms with van der Waals surface area (Å²) in [6.45, 7) is 4.14. The van der Waals surface area contributed by atoms with Crippen molar-refractivity contribution in [3.05, 3.63) is 28.3 Å². The molecule has 19 heavy (non-hydrogen) atoms. The van der Waals surface area contributed by atoms with Gasteiger partial charge in [-0.3, -0.25) is 10.1 Å². The van der Waals surface area contributed by atoms with E-state index in [1.165, 1.54) is 0 Å². The third-order valence-corrected chi connectivity index (χ3v) is 3.04. The van der Waals surface area contributed by atoms with Crippen molar-refractivity contribution < 1.29 is 9.66 Å². The van der Waals surface area contributed by atoms with Crippen LogP contribution >= 0.6 is 0 Å². The summed E-state index contributed by atoms with van der Waals surface area (Å²) in [5.74, 6) is 0. The standard InChI is InChI=1S/C13H19N3O3/c1-2-14-11-6-12(8-13(7-11)16(17)18)15-10-4-3-5-19-9-10/h6-8,10,14-15H,2-5,9H2,1H3. The molecule has 1 aliphatic rings. The molecule has 1 unspecified atom stereocenters. The van der Waals surface area contributed by atoms with Gasteiger partial charge in [0.1, 0.15) is 0 Å². The first kappa shape index (κ1) is 13.6. The molecule has 1 aliphatic heterocycles. The molecule has 0 aromatic heterocycles. The summed E-state index contributed by atoms with van der Waals surface area (Å²) in [7, 11) is 0. The number of ether oxygens (including phenoxy) is 1. The van der Waals surface area contributed by atoms with Crippen LogP contribution < -0.4 is 10.6 Å². The van der Waals surface area contributed by atoms with Crippen LogP contribution in [-0.2, 0) is 4.74 Å². The first-order valence-electron chi connectivity index (χ1n) is 6.56. The van der Waals surface area contributed by atoms with Crippen LogP contribution in [0.15, 0.2) is 18.2 Å². The zero-order valence-electron chi connectivity index (χ0n) is 11.0. The molecule has 1 aromatic rings. The van der Waals surface area contributed by atoms with E-state index in [9.17, 15) is 10.1 Å². The average Bonchev–Trinajstić information content (AvgIpc) is 2.40. The highest BCUT2D eigenvalue weighted by Gasteiger charge is 2.16. The molecule has 1 atom stereocenters. The summed E-state index contributed by atoms with van der Waals surface area (Å²) >= 11 is 0. The SMILES string of the molecule is CCNc1cc(NC2CCCOC2)cc([N+](=O)[O-])c1. The first-order chi connectivity index (χ1) is 9.19. The topological polar surface area (TPSA) is 76.4 Å². The minimum Gasteiger partial charge on any atom is -0.385 e. The van der Waals surface area contributed by atoms with E-state index < -0.39 is 0 Å². The summed E-state index contributed by atoms with van der Waals surface area (Å²) in [6.07, 6.45) is 2.05. The fourth-order valence-corrected chi connectivity index (χ4v) is 2.20. The maximum absolute atomic E-state index is 10.9. The molecule has 0 bridgehead atoms. The molecule has 2 N–H and O–H groups in total. The Morgan fingerprint density at radius 2 is 2.21 bits per heavy atom. The lowest BCUT2D eigenvalue weighted by molar-refractivity contribution is -0.384. The fourth-order valence-electron chi connectivity index (χ4n) is 2.20. The van der Waals surface area contributed by atoms with Gasteiger partial charge < -0.3 is 15.4 Å². The fraction of sp³-hybridized carbons (Fsp3) is 0.538. The molecule has 1 fully saturated rings. The molecule has 0 amide bonds. The lowest BCUT2D eigenvalue weighted by Gasteiger charge is -2.24. The lowest BCUT2D eigenvalue weighted by atomic mass is 10.1. The van der Waals surface area contributed by atoms with Crippen LogP contribution in [0.25, 0.3) is 0 Å². The molecule has 2 rings (SSSR count). The number of hydrogen-bond donors (Lipinski definition) is 2. The quantitative estimate of drug-likeness (QED) is 0.632. The van der Waals surface area contributed by atoms with Gasteiger partial charge in [-0.2, -0.15) is 0 Å². The number of nitro benzene ring substituents is 1. The molecule has 6 nitrogen and oxygen atoms in total. The monoisotopic (exact) mass is 265 g/mol. The largest absolute Gasteiger partial charge is 0.385 e. The van der Waals surface area contributed by atoms with Gasteiger partial charge in [-0.05, 0) is 25.8 Å². The van der Waals surface area contributed by atoms with Crippen LogP contribution in [0, 0.1) is 10.1 Å². The van der Waals surface area contributed by atoms with E-state index in [2.05, 4.69) is 10.6 Å². The van der Waals surface area contributed by atoms with Gasteiger partial charge in [0.15, 0.2) is 0 Å². The van der Waals surface area contributed by atoms with E-state index in [1.54, 1.807) is 12.1 Å². The summed E-state index contributed by atoms with van der Waals surface area (Å²) in [6, 6.07) is 5.23. The Hall–Kier alpha value is -1.82. The third-order valence-electron chi connectivity index (χ3n) is 3.04. The maximum atomic E-state index is 10.9. The molecule has 0 spiro atoms. The lowest BCUT2D eigenvalue weighted by Crippen LogP contribution is -2.29. The third kappa shape index (κ3) is 3.82. The van der Waals surface area contributed by atoms with Crippen molar-refractivity contribution >= 4 is 17.1 Å². The number of nitrogens with zero attached hydrogens (tertiary/aromatic N) is 1. The molecule has 1 aromatic carbocycles. The van der Waals surface area contributed by atoms with Gasteiger partial charge in [0, 0.05) is 42.7 Å². The van der Waals surface area contributed by atoms with Crippen LogP contribution in [0.2, 0.25) is 0 Å². The second kappa shape index (κ2) is 6.38. The Morgan fingerprint density at radius 1 is 1.42 bits per heavy atom. The molecule has 6 heteroatoms. The molecule has 104 valence electrons. The number of nitrogens with one attached hydrogen (secondary N) is 2. The number of benzene rings is 1. The Labute approximate surface area is 112 Å². The minimum absolute atomic E-state index is 0.0951. The van der Waals surface area contributed by atoms with Gasteiger partial charge in [0.05, 0.1) is 11.5 Å². The van der Waals surface area contributed by atoms with E-state index in [-0.39, 0.29) is 16.7 Å². The van der Waals surface area contributed by atoms with Crippen molar-refractivity contribution in [2.24, 2.45) is 0 Å². The molecule has 0 saturated carbocycles. The summed E-state index contributed by atoms with van der Waals surface area (Å²) in [4.78, 5) is 10.6. The highest BCUT2D eigenvalue weighted by molar-refractivity contribution is 5.63. The zero-order chi connectivity index (χ0) is 13.7. The van der Waals surface area contributed by atoms with E-state index in [1.807, 2.05) is 13.0 Å². The Bertz CT molecular complexity index is 445. The molecular weight excluding hydrogens is 246 g/mol. The Kier molecular flexibility index (Phi) is 4.57. The second-order valence-corrected chi connectivity index (χ2v) is 4.61. The van der Waals surface area contributed by atoms with Crippen LogP contribution in [0.3, 0.4) is 0 Å². The van der Waals surface area contributed by atoms with Gasteiger partial charge in [0.2, 0.25) is 0 Å². The zero-order valence-corrected chi connectivity index (χ0v) is 11.0. The van der Waals surface area contributed by atoms with Gasteiger partial charge in [-0.25, -0.2) is 0 Å². The van der Waals surface area contributed by atoms with E-state index >= 15 is 0 Å². The number of nitro groups is 1. The van der Waals surface area contributed by atoms with Crippen molar-refractivity contribution in [2.45, 2.75) is 25.8 Å². The predicted octanol–water partition coefficient (Wildman–Crippen LogP) is 2.62. The molecule has 1 heterocycles. The predicted molar refractivity (Wildman–Crippen MR) is 74.7 cm³/mol. The summed E-state index contributed by atoms with van der Waals surface area (Å²) in [5, 5.41) is 17.3. The highest BCUT2D eigenvalue weighted by Crippen LogP contribution is 2.25. The maximum Gasteiger partial charge on any atom is 0.273 e. The number of non-ortho nitro benzene ring substituents is 1. The second-order valence-electron chi connectivity index (χ2n) is 4.61. The van der Waals surface area contributed by atoms with Crippen LogP contribution in [-0.4, -0.2) is 30.7 Å². The minimum atomic E-state index is -0.372.